The minimum Gasteiger partial charge on any atom is -0.278 e. The highest BCUT2D eigenvalue weighted by Gasteiger charge is 2.49. The summed E-state index contributed by atoms with van der Waals surface area (Å²) < 4.78 is 26.8. The molecule has 1 aliphatic heterocycles. The predicted molar refractivity (Wildman–Crippen MR) is 115 cm³/mol. The number of pyridine rings is 1. The largest absolute Gasteiger partial charge is 0.278 e. The van der Waals surface area contributed by atoms with Gasteiger partial charge in [0.15, 0.2) is 0 Å². The molecule has 156 valence electrons. The zero-order valence-corrected chi connectivity index (χ0v) is 17.5. The van der Waals surface area contributed by atoms with E-state index in [1.54, 1.807) is 17.1 Å². The van der Waals surface area contributed by atoms with Crippen molar-refractivity contribution < 1.29 is 8.42 Å². The monoisotopic (exact) mass is 433 g/mol. The van der Waals surface area contributed by atoms with Gasteiger partial charge in [0.25, 0.3) is 0 Å². The Bertz CT molecular complexity index is 1410. The number of H-pyrrole nitrogens is 1. The first-order valence-electron chi connectivity index (χ1n) is 9.67. The lowest BCUT2D eigenvalue weighted by atomic mass is 9.89. The van der Waals surface area contributed by atoms with Crippen molar-refractivity contribution in [1.29, 1.82) is 5.26 Å². The first kappa shape index (κ1) is 19.4. The average Bonchev–Trinajstić information content (AvgIpc) is 3.41. The smallest absolute Gasteiger partial charge is 0.211 e. The highest BCUT2D eigenvalue weighted by molar-refractivity contribution is 7.88. The zero-order valence-electron chi connectivity index (χ0n) is 16.7. The number of nitrogens with one attached hydrogen (secondary N) is 1. The first-order chi connectivity index (χ1) is 14.9. The lowest BCUT2D eigenvalue weighted by molar-refractivity contribution is 0.0726. The van der Waals surface area contributed by atoms with Crippen molar-refractivity contribution in [1.82, 2.24) is 29.3 Å². The van der Waals surface area contributed by atoms with Gasteiger partial charge in [-0.2, -0.15) is 19.8 Å². The van der Waals surface area contributed by atoms with Gasteiger partial charge in [-0.3, -0.25) is 14.8 Å². The van der Waals surface area contributed by atoms with Gasteiger partial charge in [0.1, 0.15) is 5.54 Å². The summed E-state index contributed by atoms with van der Waals surface area (Å²) in [5.41, 5.74) is 3.61. The van der Waals surface area contributed by atoms with Gasteiger partial charge in [-0.05, 0) is 30.3 Å². The Morgan fingerprint density at radius 1 is 1.23 bits per heavy atom. The van der Waals surface area contributed by atoms with Gasteiger partial charge in [-0.25, -0.2) is 8.42 Å². The molecule has 9 nitrogen and oxygen atoms in total. The maximum Gasteiger partial charge on any atom is 0.211 e. The van der Waals surface area contributed by atoms with Crippen molar-refractivity contribution >= 4 is 20.9 Å². The van der Waals surface area contributed by atoms with Crippen LogP contribution in [0.1, 0.15) is 6.42 Å². The molecule has 1 N–H and O–H groups in total. The minimum absolute atomic E-state index is 0.177. The van der Waals surface area contributed by atoms with Crippen LogP contribution >= 0.6 is 0 Å². The Balaban J connectivity index is 1.59. The van der Waals surface area contributed by atoms with Crippen molar-refractivity contribution in [2.75, 3.05) is 19.3 Å². The predicted octanol–water partition coefficient (Wildman–Crippen LogP) is 2.37. The van der Waals surface area contributed by atoms with Gasteiger partial charge >= 0.3 is 0 Å². The Hall–Kier alpha value is -3.55. The molecule has 4 heterocycles. The molecule has 0 amide bonds. The summed E-state index contributed by atoms with van der Waals surface area (Å²) in [6, 6.07) is 13.9. The van der Waals surface area contributed by atoms with Crippen LogP contribution < -0.4 is 0 Å². The van der Waals surface area contributed by atoms with Crippen LogP contribution in [0.5, 0.6) is 0 Å². The normalized spacial score (nSPS) is 16.1. The summed E-state index contributed by atoms with van der Waals surface area (Å²) in [6.45, 7) is 0.466. The number of benzene rings is 1. The average molecular weight is 433 g/mol. The van der Waals surface area contributed by atoms with E-state index >= 15 is 0 Å². The molecular formula is C21H19N7O2S. The van der Waals surface area contributed by atoms with Crippen LogP contribution in [0.2, 0.25) is 0 Å². The number of nitriles is 1. The third kappa shape index (κ3) is 3.28. The Morgan fingerprint density at radius 3 is 2.77 bits per heavy atom. The SMILES string of the molecule is CS(=O)(=O)N1CC(CC#N)(n2ccc(-c3cc(-c4ccn[nH]4)cc4ncccc34)n2)C1. The number of sulfonamides is 1. The number of hydrogen-bond acceptors (Lipinski definition) is 6. The molecule has 0 unspecified atom stereocenters. The molecule has 0 radical (unpaired) electrons. The van der Waals surface area contributed by atoms with Crippen molar-refractivity contribution in [3.63, 3.8) is 0 Å². The van der Waals surface area contributed by atoms with Gasteiger partial charge in [0, 0.05) is 48.2 Å². The summed E-state index contributed by atoms with van der Waals surface area (Å²) in [7, 11) is -3.30. The fourth-order valence-electron chi connectivity index (χ4n) is 4.03. The van der Waals surface area contributed by atoms with Gasteiger partial charge in [-0.15, -0.1) is 0 Å². The van der Waals surface area contributed by atoms with E-state index in [1.165, 1.54) is 10.6 Å². The molecule has 4 aromatic rings. The third-order valence-electron chi connectivity index (χ3n) is 5.70. The van der Waals surface area contributed by atoms with Gasteiger partial charge in [0.05, 0.1) is 35.7 Å². The molecule has 0 aliphatic carbocycles. The summed E-state index contributed by atoms with van der Waals surface area (Å²) in [4.78, 5) is 4.50. The van der Waals surface area contributed by atoms with Crippen molar-refractivity contribution in [3.8, 4) is 28.6 Å². The maximum absolute atomic E-state index is 11.9. The quantitative estimate of drug-likeness (QED) is 0.516. The highest BCUT2D eigenvalue weighted by atomic mass is 32.2. The second-order valence-electron chi connectivity index (χ2n) is 7.80. The van der Waals surface area contributed by atoms with Gasteiger partial charge in [0.2, 0.25) is 10.0 Å². The van der Waals surface area contributed by atoms with Gasteiger partial charge < -0.3 is 0 Å². The number of rotatable bonds is 5. The van der Waals surface area contributed by atoms with Crippen molar-refractivity contribution in [2.45, 2.75) is 12.0 Å². The Morgan fingerprint density at radius 2 is 2.06 bits per heavy atom. The topological polar surface area (TPSA) is 121 Å². The van der Waals surface area contributed by atoms with Crippen LogP contribution in [0.4, 0.5) is 0 Å². The molecule has 1 saturated heterocycles. The second kappa shape index (κ2) is 7.01. The molecule has 31 heavy (non-hydrogen) atoms. The molecule has 1 aliphatic rings. The standard InChI is InChI=1S/C21H19N7O2S/c1-31(29,30)27-13-21(14-27,6-7-22)28-10-5-19(26-28)17-11-15(18-4-9-24-25-18)12-20-16(17)3-2-8-23-20/h2-5,8-12H,6,13-14H2,1H3,(H,24,25). The summed E-state index contributed by atoms with van der Waals surface area (Å²) >= 11 is 0. The van der Waals surface area contributed by atoms with E-state index in [9.17, 15) is 13.7 Å². The van der Waals surface area contributed by atoms with Crippen molar-refractivity contribution in [2.24, 2.45) is 0 Å². The van der Waals surface area contributed by atoms with E-state index in [4.69, 9.17) is 5.10 Å². The fraction of sp³-hybridized carbons (Fsp3) is 0.238. The lowest BCUT2D eigenvalue weighted by Gasteiger charge is -2.47. The van der Waals surface area contributed by atoms with Crippen LogP contribution in [0.3, 0.4) is 0 Å². The van der Waals surface area contributed by atoms with E-state index in [-0.39, 0.29) is 19.5 Å². The van der Waals surface area contributed by atoms with Gasteiger partial charge in [-0.1, -0.05) is 6.07 Å². The summed E-state index contributed by atoms with van der Waals surface area (Å²) in [6.07, 6.45) is 6.62. The molecule has 0 spiro atoms. The molecule has 0 bridgehead atoms. The third-order valence-corrected chi connectivity index (χ3v) is 6.90. The van der Waals surface area contributed by atoms with E-state index in [0.29, 0.717) is 0 Å². The molecule has 5 rings (SSSR count). The van der Waals surface area contributed by atoms with E-state index in [1.807, 2.05) is 42.6 Å². The highest BCUT2D eigenvalue weighted by Crippen LogP contribution is 2.36. The second-order valence-corrected chi connectivity index (χ2v) is 9.78. The zero-order chi connectivity index (χ0) is 21.6. The molecule has 1 aromatic carbocycles. The van der Waals surface area contributed by atoms with Crippen LogP contribution in [0.25, 0.3) is 33.4 Å². The number of fused-ring (bicyclic) bond motifs is 1. The summed E-state index contributed by atoms with van der Waals surface area (Å²) in [5.74, 6) is 0. The minimum atomic E-state index is -3.30. The van der Waals surface area contributed by atoms with E-state index in [0.717, 1.165) is 33.4 Å². The van der Waals surface area contributed by atoms with E-state index in [2.05, 4.69) is 21.3 Å². The van der Waals surface area contributed by atoms with Crippen molar-refractivity contribution in [3.05, 3.63) is 55.0 Å². The van der Waals surface area contributed by atoms with Crippen LogP contribution in [-0.2, 0) is 15.6 Å². The molecule has 3 aromatic heterocycles. The van der Waals surface area contributed by atoms with Crippen LogP contribution in [0.15, 0.2) is 55.0 Å². The summed E-state index contributed by atoms with van der Waals surface area (Å²) in [5, 5.41) is 22.1. The van der Waals surface area contributed by atoms with Crippen LogP contribution in [-0.4, -0.2) is 57.0 Å². The van der Waals surface area contributed by atoms with E-state index < -0.39 is 15.6 Å². The molecule has 0 saturated carbocycles. The first-order valence-corrected chi connectivity index (χ1v) is 11.5. The number of aromatic nitrogens is 5. The fourth-order valence-corrected chi connectivity index (χ4v) is 4.98. The molecule has 1 fully saturated rings. The molecule has 0 atom stereocenters. The van der Waals surface area contributed by atoms with Crippen LogP contribution in [0, 0.1) is 11.3 Å². The Kier molecular flexibility index (Phi) is 4.39. The molecular weight excluding hydrogens is 414 g/mol. The number of aromatic amines is 1. The Labute approximate surface area is 179 Å². The number of nitrogens with zero attached hydrogens (tertiary/aromatic N) is 6. The number of hydrogen-bond donors (Lipinski definition) is 1. The maximum atomic E-state index is 11.9. The lowest BCUT2D eigenvalue weighted by Crippen LogP contribution is -2.63. The molecule has 10 heteroatoms.